The van der Waals surface area contributed by atoms with Crippen LogP contribution in [0.2, 0.25) is 0 Å². The maximum Gasteiger partial charge on any atom is 0.243 e. The van der Waals surface area contributed by atoms with E-state index in [2.05, 4.69) is 6.92 Å². The van der Waals surface area contributed by atoms with Gasteiger partial charge in [0.1, 0.15) is 0 Å². The number of hydrogen-bond acceptors (Lipinski definition) is 3. The average Bonchev–Trinajstić information content (AvgIpc) is 2.79. The van der Waals surface area contributed by atoms with Crippen LogP contribution in [-0.4, -0.2) is 49.7 Å². The molecule has 2 rings (SSSR count). The molecule has 1 aliphatic rings. The van der Waals surface area contributed by atoms with Crippen LogP contribution in [0.1, 0.15) is 38.2 Å². The summed E-state index contributed by atoms with van der Waals surface area (Å²) >= 11 is 0. The van der Waals surface area contributed by atoms with Crippen molar-refractivity contribution in [2.75, 3.05) is 26.2 Å². The Labute approximate surface area is 139 Å². The molecule has 1 saturated heterocycles. The van der Waals surface area contributed by atoms with Crippen LogP contribution in [0.15, 0.2) is 29.2 Å². The molecule has 1 fully saturated rings. The fourth-order valence-corrected chi connectivity index (χ4v) is 4.37. The normalized spacial score (nSPS) is 17.0. The number of hydrogen-bond donors (Lipinski definition) is 0. The van der Waals surface area contributed by atoms with Gasteiger partial charge in [0, 0.05) is 32.6 Å². The van der Waals surface area contributed by atoms with Crippen molar-refractivity contribution in [3.63, 3.8) is 0 Å². The van der Waals surface area contributed by atoms with E-state index in [4.69, 9.17) is 0 Å². The standard InChI is InChI=1S/C17H26N2O3S/c1-3-4-9-17(20)18-10-6-11-19(13-12-18)23(21,22)16-8-5-7-15(2)14-16/h5,7-8,14H,3-4,6,9-13H2,1-2H3. The fraction of sp³-hybridized carbons (Fsp3) is 0.588. The molecule has 1 aromatic carbocycles. The molecule has 1 amide bonds. The molecule has 0 atom stereocenters. The molecule has 0 unspecified atom stereocenters. The Morgan fingerprint density at radius 3 is 2.65 bits per heavy atom. The molecule has 0 bridgehead atoms. The monoisotopic (exact) mass is 338 g/mol. The molecule has 0 saturated carbocycles. The quantitative estimate of drug-likeness (QED) is 0.828. The Bertz CT molecular complexity index is 643. The van der Waals surface area contributed by atoms with Crippen LogP contribution in [0, 0.1) is 6.92 Å². The Hall–Kier alpha value is -1.40. The molecule has 23 heavy (non-hydrogen) atoms. The first-order chi connectivity index (χ1) is 10.9. The summed E-state index contributed by atoms with van der Waals surface area (Å²) in [6.07, 6.45) is 3.12. The second-order valence-corrected chi connectivity index (χ2v) is 8.00. The molecule has 0 N–H and O–H groups in total. The van der Waals surface area contributed by atoms with E-state index in [0.29, 0.717) is 43.9 Å². The minimum absolute atomic E-state index is 0.140. The highest BCUT2D eigenvalue weighted by molar-refractivity contribution is 7.89. The molecule has 0 aromatic heterocycles. The van der Waals surface area contributed by atoms with E-state index in [1.807, 2.05) is 13.0 Å². The van der Waals surface area contributed by atoms with Gasteiger partial charge in [0.15, 0.2) is 0 Å². The van der Waals surface area contributed by atoms with E-state index in [1.54, 1.807) is 23.1 Å². The maximum atomic E-state index is 12.8. The number of rotatable bonds is 5. The lowest BCUT2D eigenvalue weighted by molar-refractivity contribution is -0.131. The van der Waals surface area contributed by atoms with E-state index in [0.717, 1.165) is 18.4 Å². The first-order valence-electron chi connectivity index (χ1n) is 8.29. The number of amides is 1. The van der Waals surface area contributed by atoms with Crippen molar-refractivity contribution in [3.05, 3.63) is 29.8 Å². The fourth-order valence-electron chi connectivity index (χ4n) is 2.79. The van der Waals surface area contributed by atoms with Gasteiger partial charge in [-0.15, -0.1) is 0 Å². The van der Waals surface area contributed by atoms with Gasteiger partial charge in [-0.2, -0.15) is 4.31 Å². The van der Waals surface area contributed by atoms with Crippen molar-refractivity contribution < 1.29 is 13.2 Å². The van der Waals surface area contributed by atoms with Gasteiger partial charge in [0.2, 0.25) is 15.9 Å². The molecule has 1 aliphatic heterocycles. The van der Waals surface area contributed by atoms with E-state index in [1.165, 1.54) is 4.31 Å². The van der Waals surface area contributed by atoms with Crippen LogP contribution in [0.25, 0.3) is 0 Å². The van der Waals surface area contributed by atoms with Crippen molar-refractivity contribution in [2.45, 2.75) is 44.4 Å². The number of aryl methyl sites for hydroxylation is 1. The molecule has 1 aromatic rings. The lowest BCUT2D eigenvalue weighted by Gasteiger charge is -2.22. The van der Waals surface area contributed by atoms with Crippen LogP contribution in [-0.2, 0) is 14.8 Å². The number of carbonyl (C=O) groups is 1. The summed E-state index contributed by atoms with van der Waals surface area (Å²) in [5.41, 5.74) is 0.928. The molecule has 6 heteroatoms. The number of carbonyl (C=O) groups excluding carboxylic acids is 1. The molecule has 5 nitrogen and oxygen atoms in total. The minimum Gasteiger partial charge on any atom is -0.341 e. The smallest absolute Gasteiger partial charge is 0.243 e. The van der Waals surface area contributed by atoms with Gasteiger partial charge >= 0.3 is 0 Å². The SMILES string of the molecule is CCCCC(=O)N1CCCN(S(=O)(=O)c2cccc(C)c2)CC1. The largest absolute Gasteiger partial charge is 0.341 e. The number of unbranched alkanes of at least 4 members (excludes halogenated alkanes) is 1. The van der Waals surface area contributed by atoms with Gasteiger partial charge in [-0.1, -0.05) is 25.5 Å². The second-order valence-electron chi connectivity index (χ2n) is 6.06. The third-order valence-electron chi connectivity index (χ3n) is 4.18. The van der Waals surface area contributed by atoms with Crippen molar-refractivity contribution >= 4 is 15.9 Å². The topological polar surface area (TPSA) is 57.7 Å². The third-order valence-corrected chi connectivity index (χ3v) is 6.07. The van der Waals surface area contributed by atoms with Gasteiger partial charge in [-0.25, -0.2) is 8.42 Å². The van der Waals surface area contributed by atoms with Crippen molar-refractivity contribution in [3.8, 4) is 0 Å². The lowest BCUT2D eigenvalue weighted by atomic mass is 10.2. The summed E-state index contributed by atoms with van der Waals surface area (Å²) in [5, 5.41) is 0. The molecule has 1 heterocycles. The number of nitrogens with zero attached hydrogens (tertiary/aromatic N) is 2. The zero-order valence-corrected chi connectivity index (χ0v) is 14.8. The Morgan fingerprint density at radius 1 is 1.17 bits per heavy atom. The Kier molecular flexibility index (Phi) is 6.18. The van der Waals surface area contributed by atoms with Gasteiger partial charge in [0.25, 0.3) is 0 Å². The third kappa shape index (κ3) is 4.54. The van der Waals surface area contributed by atoms with Crippen LogP contribution < -0.4 is 0 Å². The van der Waals surface area contributed by atoms with Gasteiger partial charge in [-0.05, 0) is 37.5 Å². The highest BCUT2D eigenvalue weighted by atomic mass is 32.2. The summed E-state index contributed by atoms with van der Waals surface area (Å²) in [4.78, 5) is 14.3. The van der Waals surface area contributed by atoms with Crippen molar-refractivity contribution in [2.24, 2.45) is 0 Å². The maximum absolute atomic E-state index is 12.8. The number of benzene rings is 1. The van der Waals surface area contributed by atoms with Crippen LogP contribution in [0.4, 0.5) is 0 Å². The van der Waals surface area contributed by atoms with Crippen LogP contribution in [0.3, 0.4) is 0 Å². The van der Waals surface area contributed by atoms with Crippen LogP contribution >= 0.6 is 0 Å². The van der Waals surface area contributed by atoms with Gasteiger partial charge < -0.3 is 4.90 Å². The van der Waals surface area contributed by atoms with E-state index in [-0.39, 0.29) is 5.91 Å². The molecular weight excluding hydrogens is 312 g/mol. The summed E-state index contributed by atoms with van der Waals surface area (Å²) in [6, 6.07) is 6.98. The van der Waals surface area contributed by atoms with Gasteiger partial charge in [-0.3, -0.25) is 4.79 Å². The van der Waals surface area contributed by atoms with Crippen LogP contribution in [0.5, 0.6) is 0 Å². The molecular formula is C17H26N2O3S. The minimum atomic E-state index is -3.48. The molecule has 0 radical (unpaired) electrons. The average molecular weight is 338 g/mol. The Balaban J connectivity index is 2.06. The summed E-state index contributed by atoms with van der Waals surface area (Å²) in [5.74, 6) is 0.140. The zero-order valence-electron chi connectivity index (χ0n) is 14.0. The van der Waals surface area contributed by atoms with Crippen molar-refractivity contribution in [1.82, 2.24) is 9.21 Å². The zero-order chi connectivity index (χ0) is 16.9. The lowest BCUT2D eigenvalue weighted by Crippen LogP contribution is -2.37. The first-order valence-corrected chi connectivity index (χ1v) is 9.73. The van der Waals surface area contributed by atoms with E-state index >= 15 is 0 Å². The molecule has 128 valence electrons. The molecule has 0 aliphatic carbocycles. The Morgan fingerprint density at radius 2 is 1.96 bits per heavy atom. The van der Waals surface area contributed by atoms with Gasteiger partial charge in [0.05, 0.1) is 4.90 Å². The molecule has 0 spiro atoms. The first kappa shape index (κ1) is 17.9. The van der Waals surface area contributed by atoms with E-state index in [9.17, 15) is 13.2 Å². The highest BCUT2D eigenvalue weighted by Crippen LogP contribution is 2.19. The summed E-state index contributed by atoms with van der Waals surface area (Å²) < 4.78 is 27.0. The summed E-state index contributed by atoms with van der Waals surface area (Å²) in [6.45, 7) is 5.90. The van der Waals surface area contributed by atoms with Crippen molar-refractivity contribution in [1.29, 1.82) is 0 Å². The number of sulfonamides is 1. The predicted octanol–water partition coefficient (Wildman–Crippen LogP) is 2.41. The highest BCUT2D eigenvalue weighted by Gasteiger charge is 2.28. The summed E-state index contributed by atoms with van der Waals surface area (Å²) in [7, 11) is -3.48. The van der Waals surface area contributed by atoms with E-state index < -0.39 is 10.0 Å². The second kappa shape index (κ2) is 7.93. The predicted molar refractivity (Wildman–Crippen MR) is 90.7 cm³/mol.